The fourth-order valence-electron chi connectivity index (χ4n) is 3.31. The van der Waals surface area contributed by atoms with E-state index in [-0.39, 0.29) is 11.9 Å². The molecule has 3 rings (SSSR count). The van der Waals surface area contributed by atoms with E-state index in [1.165, 1.54) is 0 Å². The van der Waals surface area contributed by atoms with Crippen molar-refractivity contribution in [3.05, 3.63) is 54.1 Å². The van der Waals surface area contributed by atoms with E-state index in [1.54, 1.807) is 7.11 Å². The number of likely N-dealkylation sites (N-methyl/N-ethyl adjacent to an activating group) is 1. The van der Waals surface area contributed by atoms with Gasteiger partial charge in [-0.05, 0) is 43.3 Å². The van der Waals surface area contributed by atoms with Crippen LogP contribution in [0, 0.1) is 0 Å². The smallest absolute Gasteiger partial charge is 0.282 e. The molecule has 0 radical (unpaired) electrons. The molecule has 0 bridgehead atoms. The quantitative estimate of drug-likeness (QED) is 0.761. The topological polar surface area (TPSA) is 55.2 Å². The number of carbonyl (C=O) groups is 1. The lowest BCUT2D eigenvalue weighted by atomic mass is 10.1. The Morgan fingerprint density at radius 1 is 1.21 bits per heavy atom. The van der Waals surface area contributed by atoms with E-state index in [4.69, 9.17) is 9.47 Å². The fourth-order valence-corrected chi connectivity index (χ4v) is 3.31. The van der Waals surface area contributed by atoms with Gasteiger partial charge in [-0.25, -0.2) is 0 Å². The highest BCUT2D eigenvalue weighted by Gasteiger charge is 2.22. The number of rotatable bonds is 7. The lowest BCUT2D eigenvalue weighted by Crippen LogP contribution is -3.12. The van der Waals surface area contributed by atoms with Crippen LogP contribution in [-0.2, 0) is 16.1 Å². The van der Waals surface area contributed by atoms with Gasteiger partial charge in [-0.1, -0.05) is 12.1 Å². The fraction of sp³-hybridized carbons (Fsp3) is 0.409. The highest BCUT2D eigenvalue weighted by atomic mass is 16.5. The van der Waals surface area contributed by atoms with Gasteiger partial charge in [0.05, 0.1) is 27.4 Å². The Labute approximate surface area is 167 Å². The van der Waals surface area contributed by atoms with Gasteiger partial charge in [0.15, 0.2) is 6.04 Å². The van der Waals surface area contributed by atoms with Gasteiger partial charge >= 0.3 is 0 Å². The van der Waals surface area contributed by atoms with Crippen molar-refractivity contribution in [1.82, 2.24) is 0 Å². The van der Waals surface area contributed by atoms with Crippen LogP contribution in [0.3, 0.4) is 0 Å². The predicted molar refractivity (Wildman–Crippen MR) is 111 cm³/mol. The van der Waals surface area contributed by atoms with Crippen molar-refractivity contribution in [3.63, 3.8) is 0 Å². The molecule has 28 heavy (non-hydrogen) atoms. The van der Waals surface area contributed by atoms with Crippen molar-refractivity contribution in [2.45, 2.75) is 19.5 Å². The van der Waals surface area contributed by atoms with Gasteiger partial charge in [-0.3, -0.25) is 4.79 Å². The molecule has 1 aliphatic heterocycles. The lowest BCUT2D eigenvalue weighted by molar-refractivity contribution is -0.907. The monoisotopic (exact) mass is 384 g/mol. The first-order valence-corrected chi connectivity index (χ1v) is 9.75. The average molecular weight is 385 g/mol. The number of anilines is 2. The van der Waals surface area contributed by atoms with Gasteiger partial charge < -0.3 is 24.6 Å². The molecule has 1 aliphatic rings. The normalized spacial score (nSPS) is 16.3. The molecule has 1 unspecified atom stereocenters. The lowest BCUT2D eigenvalue weighted by Gasteiger charge is -2.29. The summed E-state index contributed by atoms with van der Waals surface area (Å²) >= 11 is 0. The first-order valence-electron chi connectivity index (χ1n) is 9.75. The number of ether oxygens (including phenoxy) is 2. The van der Waals surface area contributed by atoms with Crippen LogP contribution in [0.2, 0.25) is 0 Å². The number of methoxy groups -OCH3 is 1. The van der Waals surface area contributed by atoms with E-state index < -0.39 is 0 Å². The Morgan fingerprint density at radius 2 is 1.93 bits per heavy atom. The summed E-state index contributed by atoms with van der Waals surface area (Å²) < 4.78 is 10.7. The molecule has 0 aliphatic carbocycles. The number of carbonyl (C=O) groups excluding carboxylic acids is 1. The van der Waals surface area contributed by atoms with Gasteiger partial charge in [0.2, 0.25) is 0 Å². The zero-order valence-electron chi connectivity index (χ0n) is 16.9. The molecule has 1 saturated heterocycles. The van der Waals surface area contributed by atoms with Crippen LogP contribution in [0.1, 0.15) is 12.5 Å². The summed E-state index contributed by atoms with van der Waals surface area (Å²) in [4.78, 5) is 16.1. The predicted octanol–water partition coefficient (Wildman–Crippen LogP) is 1.57. The second-order valence-corrected chi connectivity index (χ2v) is 7.23. The molecular formula is C22H30N3O3+. The number of quaternary nitrogens is 1. The second kappa shape index (κ2) is 9.57. The van der Waals surface area contributed by atoms with Crippen molar-refractivity contribution >= 4 is 17.3 Å². The molecular weight excluding hydrogens is 354 g/mol. The highest BCUT2D eigenvalue weighted by molar-refractivity contribution is 5.93. The Morgan fingerprint density at radius 3 is 2.61 bits per heavy atom. The Balaban J connectivity index is 1.55. The molecule has 1 heterocycles. The third kappa shape index (κ3) is 5.24. The van der Waals surface area contributed by atoms with Crippen LogP contribution in [0.15, 0.2) is 48.5 Å². The minimum absolute atomic E-state index is 0.0134. The molecule has 0 aromatic heterocycles. The number of hydrogen-bond donors (Lipinski definition) is 2. The van der Waals surface area contributed by atoms with Crippen LogP contribution in [0.5, 0.6) is 5.75 Å². The van der Waals surface area contributed by atoms with E-state index in [9.17, 15) is 4.79 Å². The maximum absolute atomic E-state index is 12.7. The summed E-state index contributed by atoms with van der Waals surface area (Å²) in [5.74, 6) is 0.849. The van der Waals surface area contributed by atoms with Crippen molar-refractivity contribution in [2.24, 2.45) is 0 Å². The summed E-state index contributed by atoms with van der Waals surface area (Å²) in [5, 5.41) is 3.03. The van der Waals surface area contributed by atoms with Gasteiger partial charge in [-0.2, -0.15) is 0 Å². The summed E-state index contributed by atoms with van der Waals surface area (Å²) in [6.45, 7) is 6.04. The highest BCUT2D eigenvalue weighted by Crippen LogP contribution is 2.19. The molecule has 6 nitrogen and oxygen atoms in total. The van der Waals surface area contributed by atoms with Gasteiger partial charge in [-0.15, -0.1) is 0 Å². The molecule has 1 fully saturated rings. The number of morpholine rings is 1. The van der Waals surface area contributed by atoms with E-state index in [1.807, 2.05) is 44.3 Å². The van der Waals surface area contributed by atoms with Crippen LogP contribution in [0.25, 0.3) is 0 Å². The SMILES string of the molecule is COc1cccc(C[NH+](C)[C@H](C)C(=O)Nc2ccc(N3CCOCC3)cc2)c1. The van der Waals surface area contributed by atoms with Crippen LogP contribution in [0.4, 0.5) is 11.4 Å². The van der Waals surface area contributed by atoms with Crippen LogP contribution in [-0.4, -0.2) is 52.4 Å². The average Bonchev–Trinajstić information content (AvgIpc) is 2.74. The van der Waals surface area contributed by atoms with Crippen molar-refractivity contribution in [2.75, 3.05) is 50.7 Å². The summed E-state index contributed by atoms with van der Waals surface area (Å²) in [7, 11) is 3.70. The molecule has 150 valence electrons. The van der Waals surface area contributed by atoms with Crippen molar-refractivity contribution < 1.29 is 19.2 Å². The summed E-state index contributed by atoms with van der Waals surface area (Å²) in [6.07, 6.45) is 0. The van der Waals surface area contributed by atoms with E-state index in [2.05, 4.69) is 28.4 Å². The van der Waals surface area contributed by atoms with Gasteiger partial charge in [0, 0.05) is 30.0 Å². The molecule has 2 atom stereocenters. The maximum atomic E-state index is 12.7. The zero-order chi connectivity index (χ0) is 19.9. The Kier molecular flexibility index (Phi) is 6.90. The second-order valence-electron chi connectivity index (χ2n) is 7.23. The number of nitrogens with zero attached hydrogens (tertiary/aromatic N) is 1. The largest absolute Gasteiger partial charge is 0.497 e. The third-order valence-electron chi connectivity index (χ3n) is 5.26. The van der Waals surface area contributed by atoms with Crippen LogP contribution >= 0.6 is 0 Å². The number of hydrogen-bond acceptors (Lipinski definition) is 4. The zero-order valence-corrected chi connectivity index (χ0v) is 16.9. The molecule has 1 amide bonds. The number of nitrogens with one attached hydrogen (secondary N) is 2. The third-order valence-corrected chi connectivity index (χ3v) is 5.26. The molecule has 0 saturated carbocycles. The van der Waals surface area contributed by atoms with Crippen LogP contribution < -0.4 is 19.9 Å². The van der Waals surface area contributed by atoms with E-state index in [0.717, 1.165) is 60.4 Å². The molecule has 2 N–H and O–H groups in total. The maximum Gasteiger partial charge on any atom is 0.282 e. The number of benzene rings is 2. The summed E-state index contributed by atoms with van der Waals surface area (Å²) in [6, 6.07) is 15.8. The molecule has 0 spiro atoms. The van der Waals surface area contributed by atoms with Crippen molar-refractivity contribution in [3.8, 4) is 5.75 Å². The number of amides is 1. The Hall–Kier alpha value is -2.57. The van der Waals surface area contributed by atoms with Gasteiger partial charge in [0.1, 0.15) is 12.3 Å². The van der Waals surface area contributed by atoms with Gasteiger partial charge in [0.25, 0.3) is 5.91 Å². The van der Waals surface area contributed by atoms with E-state index in [0.29, 0.717) is 0 Å². The minimum atomic E-state index is -0.176. The Bertz CT molecular complexity index is 773. The molecule has 6 heteroatoms. The molecule has 2 aromatic carbocycles. The van der Waals surface area contributed by atoms with E-state index >= 15 is 0 Å². The standard InChI is InChI=1S/C22H29N3O3/c1-17(24(2)16-18-5-4-6-21(15-18)27-3)22(26)23-19-7-9-20(10-8-19)25-11-13-28-14-12-25/h4-10,15,17H,11-14,16H2,1-3H3,(H,23,26)/p+1/t17-/m1/s1. The summed E-state index contributed by atoms with van der Waals surface area (Å²) in [5.41, 5.74) is 3.13. The van der Waals surface area contributed by atoms with Crippen molar-refractivity contribution in [1.29, 1.82) is 0 Å². The first-order chi connectivity index (χ1) is 13.6. The minimum Gasteiger partial charge on any atom is -0.497 e. The molecule has 2 aromatic rings. The first kappa shape index (κ1) is 20.2.